The lowest BCUT2D eigenvalue weighted by Crippen LogP contribution is -2.38. The monoisotopic (exact) mass is 210 g/mol. The summed E-state index contributed by atoms with van der Waals surface area (Å²) in [7, 11) is 0. The minimum atomic E-state index is 0.875. The third-order valence-corrected chi connectivity index (χ3v) is 4.39. The zero-order valence-electron chi connectivity index (χ0n) is 10.3. The Balaban J connectivity index is 1.84. The van der Waals surface area contributed by atoms with Crippen LogP contribution < -0.4 is 5.32 Å². The van der Waals surface area contributed by atoms with Gasteiger partial charge in [-0.25, -0.2) is 0 Å². The fourth-order valence-corrected chi connectivity index (χ4v) is 3.22. The molecule has 2 aliphatic rings. The summed E-state index contributed by atoms with van der Waals surface area (Å²) >= 11 is 0. The molecule has 88 valence electrons. The van der Waals surface area contributed by atoms with E-state index in [1.807, 2.05) is 0 Å². The van der Waals surface area contributed by atoms with Gasteiger partial charge in [0, 0.05) is 12.6 Å². The number of rotatable bonds is 4. The van der Waals surface area contributed by atoms with E-state index >= 15 is 0 Å². The van der Waals surface area contributed by atoms with Gasteiger partial charge < -0.3 is 10.2 Å². The Kier molecular flexibility index (Phi) is 4.04. The van der Waals surface area contributed by atoms with E-state index in [-0.39, 0.29) is 0 Å². The van der Waals surface area contributed by atoms with Crippen LogP contribution >= 0.6 is 0 Å². The zero-order valence-corrected chi connectivity index (χ0v) is 10.3. The number of nitrogens with one attached hydrogen (secondary N) is 1. The van der Waals surface area contributed by atoms with E-state index < -0.39 is 0 Å². The SMILES string of the molecule is CCN(C[C@@H]1CNC[C@H]1C)C1CCCC1. The van der Waals surface area contributed by atoms with Crippen molar-refractivity contribution >= 4 is 0 Å². The van der Waals surface area contributed by atoms with Crippen LogP contribution in [0, 0.1) is 11.8 Å². The first kappa shape index (κ1) is 11.4. The lowest BCUT2D eigenvalue weighted by Gasteiger charge is -2.31. The highest BCUT2D eigenvalue weighted by atomic mass is 15.2. The molecular formula is C13H26N2. The normalized spacial score (nSPS) is 33.0. The smallest absolute Gasteiger partial charge is 0.00952 e. The Morgan fingerprint density at radius 2 is 1.93 bits per heavy atom. The van der Waals surface area contributed by atoms with Gasteiger partial charge in [-0.2, -0.15) is 0 Å². The molecule has 2 fully saturated rings. The Bertz CT molecular complexity index is 187. The molecule has 2 rings (SSSR count). The van der Waals surface area contributed by atoms with Crippen LogP contribution in [0.4, 0.5) is 0 Å². The average Bonchev–Trinajstić information content (AvgIpc) is 2.86. The van der Waals surface area contributed by atoms with Crippen molar-refractivity contribution in [3.8, 4) is 0 Å². The molecule has 0 aromatic carbocycles. The van der Waals surface area contributed by atoms with Gasteiger partial charge in [0.1, 0.15) is 0 Å². The van der Waals surface area contributed by atoms with E-state index in [0.717, 1.165) is 17.9 Å². The largest absolute Gasteiger partial charge is 0.316 e. The van der Waals surface area contributed by atoms with E-state index in [1.54, 1.807) is 0 Å². The van der Waals surface area contributed by atoms with Crippen molar-refractivity contribution in [1.82, 2.24) is 10.2 Å². The fourth-order valence-electron chi connectivity index (χ4n) is 3.22. The highest BCUT2D eigenvalue weighted by Gasteiger charge is 2.28. The topological polar surface area (TPSA) is 15.3 Å². The summed E-state index contributed by atoms with van der Waals surface area (Å²) in [5.41, 5.74) is 0. The first-order valence-electron chi connectivity index (χ1n) is 6.76. The first-order valence-corrected chi connectivity index (χ1v) is 6.76. The van der Waals surface area contributed by atoms with Crippen molar-refractivity contribution in [2.75, 3.05) is 26.2 Å². The summed E-state index contributed by atoms with van der Waals surface area (Å²) in [6.07, 6.45) is 5.81. The van der Waals surface area contributed by atoms with Gasteiger partial charge in [0.25, 0.3) is 0 Å². The summed E-state index contributed by atoms with van der Waals surface area (Å²) in [4.78, 5) is 2.74. The highest BCUT2D eigenvalue weighted by molar-refractivity contribution is 4.84. The van der Waals surface area contributed by atoms with Gasteiger partial charge >= 0.3 is 0 Å². The Hall–Kier alpha value is -0.0800. The highest BCUT2D eigenvalue weighted by Crippen LogP contribution is 2.26. The molecule has 0 unspecified atom stereocenters. The molecule has 1 aliphatic carbocycles. The third-order valence-electron chi connectivity index (χ3n) is 4.39. The van der Waals surface area contributed by atoms with Crippen LogP contribution in [-0.2, 0) is 0 Å². The van der Waals surface area contributed by atoms with Crippen LogP contribution in [-0.4, -0.2) is 37.1 Å². The van der Waals surface area contributed by atoms with Crippen molar-refractivity contribution in [3.05, 3.63) is 0 Å². The van der Waals surface area contributed by atoms with Gasteiger partial charge in [-0.15, -0.1) is 0 Å². The van der Waals surface area contributed by atoms with Crippen LogP contribution in [0.15, 0.2) is 0 Å². The molecule has 0 spiro atoms. The Labute approximate surface area is 94.4 Å². The second kappa shape index (κ2) is 5.31. The molecule has 1 saturated carbocycles. The van der Waals surface area contributed by atoms with Crippen molar-refractivity contribution < 1.29 is 0 Å². The van der Waals surface area contributed by atoms with Crippen molar-refractivity contribution in [1.29, 1.82) is 0 Å². The quantitative estimate of drug-likeness (QED) is 0.764. The average molecular weight is 210 g/mol. The molecule has 1 N–H and O–H groups in total. The van der Waals surface area contributed by atoms with Crippen molar-refractivity contribution in [3.63, 3.8) is 0 Å². The number of hydrogen-bond acceptors (Lipinski definition) is 2. The summed E-state index contributed by atoms with van der Waals surface area (Å²) < 4.78 is 0. The molecule has 0 aromatic rings. The lowest BCUT2D eigenvalue weighted by atomic mass is 9.97. The summed E-state index contributed by atoms with van der Waals surface area (Å²) in [6, 6.07) is 0.905. The molecule has 0 amide bonds. The summed E-state index contributed by atoms with van der Waals surface area (Å²) in [5, 5.41) is 3.52. The first-order chi connectivity index (χ1) is 7.31. The lowest BCUT2D eigenvalue weighted by molar-refractivity contribution is 0.168. The van der Waals surface area contributed by atoms with E-state index in [1.165, 1.54) is 51.9 Å². The number of nitrogens with zero attached hydrogens (tertiary/aromatic N) is 1. The maximum Gasteiger partial charge on any atom is 0.00952 e. The molecule has 0 bridgehead atoms. The summed E-state index contributed by atoms with van der Waals surface area (Å²) in [5.74, 6) is 1.77. The Morgan fingerprint density at radius 1 is 1.20 bits per heavy atom. The molecular weight excluding hydrogens is 184 g/mol. The predicted molar refractivity (Wildman–Crippen MR) is 65.0 cm³/mol. The van der Waals surface area contributed by atoms with Crippen LogP contribution in [0.3, 0.4) is 0 Å². The van der Waals surface area contributed by atoms with E-state index in [2.05, 4.69) is 24.1 Å². The van der Waals surface area contributed by atoms with Crippen molar-refractivity contribution in [2.24, 2.45) is 11.8 Å². The second-order valence-corrected chi connectivity index (χ2v) is 5.42. The molecule has 1 saturated heterocycles. The van der Waals surface area contributed by atoms with Crippen LogP contribution in [0.1, 0.15) is 39.5 Å². The second-order valence-electron chi connectivity index (χ2n) is 5.42. The molecule has 2 heteroatoms. The molecule has 0 aromatic heterocycles. The minimum Gasteiger partial charge on any atom is -0.316 e. The van der Waals surface area contributed by atoms with Gasteiger partial charge in [-0.05, 0) is 44.3 Å². The van der Waals surface area contributed by atoms with Gasteiger partial charge in [-0.3, -0.25) is 0 Å². The minimum absolute atomic E-state index is 0.875. The van der Waals surface area contributed by atoms with Gasteiger partial charge in [-0.1, -0.05) is 26.7 Å². The van der Waals surface area contributed by atoms with Gasteiger partial charge in [0.05, 0.1) is 0 Å². The maximum absolute atomic E-state index is 3.52. The standard InChI is InChI=1S/C13H26N2/c1-3-15(13-6-4-5-7-13)10-12-9-14-8-11(12)2/h11-14H,3-10H2,1-2H3/t11-,12+/m1/s1. The van der Waals surface area contributed by atoms with E-state index in [0.29, 0.717) is 0 Å². The Morgan fingerprint density at radius 3 is 2.47 bits per heavy atom. The van der Waals surface area contributed by atoms with E-state index in [9.17, 15) is 0 Å². The molecule has 1 aliphatic heterocycles. The van der Waals surface area contributed by atoms with Crippen LogP contribution in [0.5, 0.6) is 0 Å². The molecule has 2 atom stereocenters. The van der Waals surface area contributed by atoms with Gasteiger partial charge in [0.2, 0.25) is 0 Å². The third kappa shape index (κ3) is 2.73. The van der Waals surface area contributed by atoms with E-state index in [4.69, 9.17) is 0 Å². The van der Waals surface area contributed by atoms with Crippen LogP contribution in [0.2, 0.25) is 0 Å². The maximum atomic E-state index is 3.52. The molecule has 1 heterocycles. The van der Waals surface area contributed by atoms with Gasteiger partial charge in [0.15, 0.2) is 0 Å². The fraction of sp³-hybridized carbons (Fsp3) is 1.00. The van der Waals surface area contributed by atoms with Crippen LogP contribution in [0.25, 0.3) is 0 Å². The number of hydrogen-bond donors (Lipinski definition) is 1. The zero-order chi connectivity index (χ0) is 10.7. The molecule has 2 nitrogen and oxygen atoms in total. The van der Waals surface area contributed by atoms with Crippen molar-refractivity contribution in [2.45, 2.75) is 45.6 Å². The molecule has 15 heavy (non-hydrogen) atoms. The predicted octanol–water partition coefficient (Wildman–Crippen LogP) is 2.11. The summed E-state index contributed by atoms with van der Waals surface area (Å²) in [6.45, 7) is 9.76. The molecule has 0 radical (unpaired) electrons.